The van der Waals surface area contributed by atoms with Gasteiger partial charge < -0.3 is 20.2 Å². The van der Waals surface area contributed by atoms with Gasteiger partial charge in [0.2, 0.25) is 0 Å². The highest BCUT2D eigenvalue weighted by atomic mass is 16.4. The summed E-state index contributed by atoms with van der Waals surface area (Å²) in [7, 11) is 0. The summed E-state index contributed by atoms with van der Waals surface area (Å²) in [5.74, 6) is -1.71. The van der Waals surface area contributed by atoms with Crippen molar-refractivity contribution in [2.24, 2.45) is 5.92 Å². The van der Waals surface area contributed by atoms with Crippen LogP contribution in [0.4, 0.5) is 5.69 Å². The van der Waals surface area contributed by atoms with E-state index in [1.165, 1.54) is 6.26 Å². The molecule has 1 aromatic carbocycles. The van der Waals surface area contributed by atoms with Crippen LogP contribution in [0, 0.1) is 12.8 Å². The number of carbonyl (C=O) groups excluding carboxylic acids is 2. The number of carboxylic acids is 1. The molecule has 2 aromatic rings. The van der Waals surface area contributed by atoms with Gasteiger partial charge in [0.15, 0.2) is 5.76 Å². The quantitative estimate of drug-likeness (QED) is 0.763. The number of anilines is 1. The van der Waals surface area contributed by atoms with Crippen molar-refractivity contribution < 1.29 is 23.9 Å². The van der Waals surface area contributed by atoms with E-state index in [9.17, 15) is 14.4 Å². The van der Waals surface area contributed by atoms with Crippen LogP contribution in [-0.2, 0) is 4.79 Å². The highest BCUT2D eigenvalue weighted by Gasteiger charge is 2.30. The Bertz CT molecular complexity index is 828. The van der Waals surface area contributed by atoms with E-state index in [-0.39, 0.29) is 17.7 Å². The number of aliphatic carboxylic acids is 1. The number of carboxylic acid groups (broad SMARTS) is 1. The summed E-state index contributed by atoms with van der Waals surface area (Å²) in [5, 5.41) is 14.7. The van der Waals surface area contributed by atoms with Crippen molar-refractivity contribution in [1.29, 1.82) is 0 Å². The molecule has 0 aliphatic heterocycles. The Morgan fingerprint density at radius 2 is 1.96 bits per heavy atom. The van der Waals surface area contributed by atoms with Crippen LogP contribution in [-0.4, -0.2) is 28.9 Å². The molecule has 0 unspecified atom stereocenters. The minimum absolute atomic E-state index is 0.147. The van der Waals surface area contributed by atoms with E-state index in [2.05, 4.69) is 10.6 Å². The van der Waals surface area contributed by atoms with Gasteiger partial charge in [-0.2, -0.15) is 0 Å². The molecule has 0 spiro atoms. The van der Waals surface area contributed by atoms with Gasteiger partial charge in [0.25, 0.3) is 11.8 Å². The van der Waals surface area contributed by atoms with Gasteiger partial charge in [-0.05, 0) is 56.0 Å². The number of hydrogen-bond donors (Lipinski definition) is 3. The first-order chi connectivity index (χ1) is 12.4. The minimum Gasteiger partial charge on any atom is -0.481 e. The number of furan rings is 1. The lowest BCUT2D eigenvalue weighted by Crippen LogP contribution is -2.33. The van der Waals surface area contributed by atoms with Crippen molar-refractivity contribution in [3.63, 3.8) is 0 Å². The zero-order valence-electron chi connectivity index (χ0n) is 14.3. The lowest BCUT2D eigenvalue weighted by Gasteiger charge is -2.14. The maximum absolute atomic E-state index is 12.5. The van der Waals surface area contributed by atoms with Crippen LogP contribution in [0.2, 0.25) is 0 Å². The summed E-state index contributed by atoms with van der Waals surface area (Å²) in [6, 6.07) is 8.07. The van der Waals surface area contributed by atoms with E-state index >= 15 is 0 Å². The fourth-order valence-electron chi connectivity index (χ4n) is 3.10. The summed E-state index contributed by atoms with van der Waals surface area (Å²) < 4.78 is 5.06. The molecule has 1 saturated carbocycles. The third kappa shape index (κ3) is 3.93. The molecule has 136 valence electrons. The van der Waals surface area contributed by atoms with E-state index in [4.69, 9.17) is 9.52 Å². The van der Waals surface area contributed by atoms with E-state index < -0.39 is 17.8 Å². The summed E-state index contributed by atoms with van der Waals surface area (Å²) >= 11 is 0. The molecule has 2 amide bonds. The molecular formula is C19H20N2O5. The van der Waals surface area contributed by atoms with Crippen LogP contribution >= 0.6 is 0 Å². The normalized spacial score (nSPS) is 19.1. The monoisotopic (exact) mass is 356 g/mol. The Balaban J connectivity index is 1.68. The second kappa shape index (κ2) is 7.43. The fourth-order valence-corrected chi connectivity index (χ4v) is 3.10. The zero-order valence-corrected chi connectivity index (χ0v) is 14.3. The van der Waals surface area contributed by atoms with Gasteiger partial charge in [0, 0.05) is 17.3 Å². The molecule has 1 aliphatic carbocycles. The van der Waals surface area contributed by atoms with Crippen LogP contribution in [0.3, 0.4) is 0 Å². The van der Waals surface area contributed by atoms with Gasteiger partial charge in [-0.3, -0.25) is 14.4 Å². The zero-order chi connectivity index (χ0) is 18.7. The fraction of sp³-hybridized carbons (Fsp3) is 0.316. The first-order valence-electron chi connectivity index (χ1n) is 8.43. The molecule has 26 heavy (non-hydrogen) atoms. The van der Waals surface area contributed by atoms with Crippen molar-refractivity contribution in [2.75, 3.05) is 5.32 Å². The molecule has 3 rings (SSSR count). The molecule has 0 bridgehead atoms. The van der Waals surface area contributed by atoms with Gasteiger partial charge in [-0.15, -0.1) is 0 Å². The SMILES string of the molecule is Cc1ccc(C(=O)N[C@H]2CC[C@@H](C(=O)O)C2)cc1NC(=O)c1ccco1. The van der Waals surface area contributed by atoms with Gasteiger partial charge in [-0.25, -0.2) is 0 Å². The van der Waals surface area contributed by atoms with E-state index in [1.54, 1.807) is 30.3 Å². The maximum atomic E-state index is 12.5. The van der Waals surface area contributed by atoms with E-state index in [0.717, 1.165) is 5.56 Å². The Kier molecular flexibility index (Phi) is 5.06. The number of carbonyl (C=O) groups is 3. The number of hydrogen-bond acceptors (Lipinski definition) is 4. The second-order valence-corrected chi connectivity index (χ2v) is 6.48. The third-order valence-corrected chi connectivity index (χ3v) is 4.61. The van der Waals surface area contributed by atoms with Gasteiger partial charge >= 0.3 is 5.97 Å². The molecule has 1 aliphatic rings. The van der Waals surface area contributed by atoms with Crippen LogP contribution < -0.4 is 10.6 Å². The average Bonchev–Trinajstić information content (AvgIpc) is 3.28. The Hall–Kier alpha value is -3.09. The predicted molar refractivity (Wildman–Crippen MR) is 94.1 cm³/mol. The van der Waals surface area contributed by atoms with Crippen molar-refractivity contribution in [3.8, 4) is 0 Å². The molecule has 7 nitrogen and oxygen atoms in total. The molecule has 7 heteroatoms. The first-order valence-corrected chi connectivity index (χ1v) is 8.43. The van der Waals surface area contributed by atoms with Crippen molar-refractivity contribution in [2.45, 2.75) is 32.2 Å². The number of amides is 2. The minimum atomic E-state index is -0.819. The number of benzene rings is 1. The molecular weight excluding hydrogens is 336 g/mol. The van der Waals surface area contributed by atoms with Crippen LogP contribution in [0.25, 0.3) is 0 Å². The summed E-state index contributed by atoms with van der Waals surface area (Å²) in [6.45, 7) is 1.83. The number of nitrogens with one attached hydrogen (secondary N) is 2. The first kappa shape index (κ1) is 17.7. The molecule has 1 fully saturated rings. The average molecular weight is 356 g/mol. The standard InChI is InChI=1S/C19H20N2O5/c1-11-4-5-12(10-15(11)21-18(23)16-3-2-8-26-16)17(22)20-14-7-6-13(9-14)19(24)25/h2-5,8,10,13-14H,6-7,9H2,1H3,(H,20,22)(H,21,23)(H,24,25)/t13-,14+/m1/s1. The Labute approximate surface area is 150 Å². The molecule has 0 radical (unpaired) electrons. The van der Waals surface area contributed by atoms with E-state index in [0.29, 0.717) is 30.5 Å². The molecule has 1 aromatic heterocycles. The summed E-state index contributed by atoms with van der Waals surface area (Å²) in [6.07, 6.45) is 3.07. The van der Waals surface area contributed by atoms with Gasteiger partial charge in [0.05, 0.1) is 12.2 Å². The van der Waals surface area contributed by atoms with Gasteiger partial charge in [-0.1, -0.05) is 6.07 Å². The third-order valence-electron chi connectivity index (χ3n) is 4.61. The molecule has 0 saturated heterocycles. The predicted octanol–water partition coefficient (Wildman–Crippen LogP) is 2.82. The Morgan fingerprint density at radius 3 is 2.62 bits per heavy atom. The smallest absolute Gasteiger partial charge is 0.306 e. The van der Waals surface area contributed by atoms with Crippen LogP contribution in [0.1, 0.15) is 45.7 Å². The van der Waals surface area contributed by atoms with Crippen molar-refractivity contribution in [3.05, 3.63) is 53.5 Å². The lowest BCUT2D eigenvalue weighted by atomic mass is 10.1. The molecule has 2 atom stereocenters. The lowest BCUT2D eigenvalue weighted by molar-refractivity contribution is -0.141. The number of rotatable bonds is 5. The summed E-state index contributed by atoms with van der Waals surface area (Å²) in [4.78, 5) is 35.6. The van der Waals surface area contributed by atoms with Crippen LogP contribution in [0.15, 0.2) is 41.0 Å². The maximum Gasteiger partial charge on any atom is 0.306 e. The van der Waals surface area contributed by atoms with Crippen molar-refractivity contribution >= 4 is 23.5 Å². The molecule has 1 heterocycles. The van der Waals surface area contributed by atoms with Crippen molar-refractivity contribution in [1.82, 2.24) is 5.32 Å². The molecule has 3 N–H and O–H groups in total. The van der Waals surface area contributed by atoms with Crippen LogP contribution in [0.5, 0.6) is 0 Å². The van der Waals surface area contributed by atoms with Gasteiger partial charge in [0.1, 0.15) is 0 Å². The topological polar surface area (TPSA) is 109 Å². The Morgan fingerprint density at radius 1 is 1.15 bits per heavy atom. The highest BCUT2D eigenvalue weighted by Crippen LogP contribution is 2.26. The summed E-state index contributed by atoms with van der Waals surface area (Å²) in [5.41, 5.74) is 1.74. The van der Waals surface area contributed by atoms with E-state index in [1.807, 2.05) is 6.92 Å². The second-order valence-electron chi connectivity index (χ2n) is 6.48. The highest BCUT2D eigenvalue weighted by molar-refractivity contribution is 6.04. The number of aryl methyl sites for hydroxylation is 1. The largest absolute Gasteiger partial charge is 0.481 e.